The molecule has 1 aliphatic heterocycles. The van der Waals surface area contributed by atoms with Crippen molar-refractivity contribution in [2.45, 2.75) is 45.8 Å². The molecule has 5 nitrogen and oxygen atoms in total. The van der Waals surface area contributed by atoms with Crippen molar-refractivity contribution in [3.63, 3.8) is 0 Å². The molecule has 1 saturated heterocycles. The Labute approximate surface area is 119 Å². The molecule has 5 heteroatoms. The number of pyridine rings is 1. The van der Waals surface area contributed by atoms with E-state index in [1.165, 1.54) is 0 Å². The van der Waals surface area contributed by atoms with Crippen LogP contribution in [0.15, 0.2) is 24.5 Å². The van der Waals surface area contributed by atoms with Gasteiger partial charge >= 0.3 is 0 Å². The van der Waals surface area contributed by atoms with E-state index in [4.69, 9.17) is 0 Å². The van der Waals surface area contributed by atoms with Crippen molar-refractivity contribution in [3.8, 4) is 0 Å². The summed E-state index contributed by atoms with van der Waals surface area (Å²) in [6.45, 7) is 6.31. The van der Waals surface area contributed by atoms with E-state index in [1.807, 2.05) is 26.0 Å². The lowest BCUT2D eigenvalue weighted by Gasteiger charge is -2.38. The summed E-state index contributed by atoms with van der Waals surface area (Å²) in [5.74, 6) is 0.285. The van der Waals surface area contributed by atoms with Gasteiger partial charge in [0.05, 0.1) is 0 Å². The summed E-state index contributed by atoms with van der Waals surface area (Å²) in [7, 11) is 0. The molecule has 0 saturated carbocycles. The van der Waals surface area contributed by atoms with Gasteiger partial charge in [-0.05, 0) is 37.0 Å². The second-order valence-electron chi connectivity index (χ2n) is 5.69. The van der Waals surface area contributed by atoms with Gasteiger partial charge in [0.2, 0.25) is 11.8 Å². The summed E-state index contributed by atoms with van der Waals surface area (Å²) in [5.41, 5.74) is 0.984. The van der Waals surface area contributed by atoms with E-state index in [1.54, 1.807) is 24.2 Å². The van der Waals surface area contributed by atoms with E-state index in [0.717, 1.165) is 5.56 Å². The van der Waals surface area contributed by atoms with Crippen molar-refractivity contribution in [2.75, 3.05) is 0 Å². The minimum atomic E-state index is -0.431. The second-order valence-corrected chi connectivity index (χ2v) is 5.69. The van der Waals surface area contributed by atoms with E-state index in [2.05, 4.69) is 10.3 Å². The van der Waals surface area contributed by atoms with Crippen LogP contribution in [0.1, 0.15) is 32.8 Å². The van der Waals surface area contributed by atoms with Gasteiger partial charge in [-0.1, -0.05) is 13.8 Å². The lowest BCUT2D eigenvalue weighted by atomic mass is 9.98. The van der Waals surface area contributed by atoms with Crippen LogP contribution in [-0.4, -0.2) is 33.8 Å². The van der Waals surface area contributed by atoms with Gasteiger partial charge < -0.3 is 10.2 Å². The molecule has 2 amide bonds. The van der Waals surface area contributed by atoms with Gasteiger partial charge in [0.1, 0.15) is 12.1 Å². The number of nitrogens with one attached hydrogen (secondary N) is 1. The molecule has 0 aromatic carbocycles. The number of aromatic nitrogens is 1. The number of carbonyl (C=O) groups is 2. The fourth-order valence-electron chi connectivity index (χ4n) is 2.42. The Morgan fingerprint density at radius 3 is 2.55 bits per heavy atom. The van der Waals surface area contributed by atoms with Gasteiger partial charge in [0, 0.05) is 18.9 Å². The number of hydrogen-bond donors (Lipinski definition) is 1. The Morgan fingerprint density at radius 1 is 1.30 bits per heavy atom. The smallest absolute Gasteiger partial charge is 0.246 e. The molecule has 0 bridgehead atoms. The molecule has 1 aromatic heterocycles. The Morgan fingerprint density at radius 2 is 1.95 bits per heavy atom. The lowest BCUT2D eigenvalue weighted by Crippen LogP contribution is -2.62. The van der Waals surface area contributed by atoms with Crippen LogP contribution < -0.4 is 5.32 Å². The maximum Gasteiger partial charge on any atom is 0.246 e. The normalized spacial score (nSPS) is 23.1. The van der Waals surface area contributed by atoms with Gasteiger partial charge in [0.15, 0.2) is 0 Å². The summed E-state index contributed by atoms with van der Waals surface area (Å²) in [6.07, 6.45) is 4.06. The fraction of sp³-hybridized carbons (Fsp3) is 0.533. The number of amides is 2. The maximum absolute atomic E-state index is 12.5. The Balaban J connectivity index is 2.16. The van der Waals surface area contributed by atoms with E-state index < -0.39 is 12.1 Å². The quantitative estimate of drug-likeness (QED) is 0.902. The predicted octanol–water partition coefficient (Wildman–Crippen LogP) is 1.34. The Kier molecular flexibility index (Phi) is 4.37. The first-order chi connectivity index (χ1) is 9.49. The molecule has 1 fully saturated rings. The second kappa shape index (κ2) is 6.03. The summed E-state index contributed by atoms with van der Waals surface area (Å²) < 4.78 is 0. The Hall–Kier alpha value is -1.91. The number of hydrogen-bond acceptors (Lipinski definition) is 3. The van der Waals surface area contributed by atoms with Crippen molar-refractivity contribution in [2.24, 2.45) is 5.92 Å². The first kappa shape index (κ1) is 14.5. The molecule has 2 unspecified atom stereocenters. The number of piperazine rings is 1. The SMILES string of the molecule is CC(C)CC1NC(=O)C(C)N(Cc2ccncc2)C1=O. The maximum atomic E-state index is 12.5. The van der Waals surface area contributed by atoms with Crippen LogP contribution >= 0.6 is 0 Å². The van der Waals surface area contributed by atoms with Crippen LogP contribution in [0.4, 0.5) is 0 Å². The van der Waals surface area contributed by atoms with Crippen LogP contribution in [0.5, 0.6) is 0 Å². The molecule has 2 heterocycles. The average Bonchev–Trinajstić information content (AvgIpc) is 2.41. The summed E-state index contributed by atoms with van der Waals surface area (Å²) in [6, 6.07) is 2.90. The zero-order chi connectivity index (χ0) is 14.7. The van der Waals surface area contributed by atoms with Crippen molar-refractivity contribution < 1.29 is 9.59 Å². The van der Waals surface area contributed by atoms with Crippen LogP contribution in [-0.2, 0) is 16.1 Å². The summed E-state index contributed by atoms with van der Waals surface area (Å²) in [4.78, 5) is 30.1. The number of rotatable bonds is 4. The molecule has 2 rings (SSSR count). The molecule has 1 N–H and O–H groups in total. The highest BCUT2D eigenvalue weighted by Crippen LogP contribution is 2.18. The van der Waals surface area contributed by atoms with Crippen LogP contribution in [0.2, 0.25) is 0 Å². The first-order valence-corrected chi connectivity index (χ1v) is 6.98. The highest BCUT2D eigenvalue weighted by molar-refractivity contribution is 5.96. The van der Waals surface area contributed by atoms with Gasteiger partial charge in [0.25, 0.3) is 0 Å². The molecule has 1 aliphatic rings. The van der Waals surface area contributed by atoms with Crippen LogP contribution in [0.3, 0.4) is 0 Å². The molecular formula is C15H21N3O2. The minimum Gasteiger partial charge on any atom is -0.343 e. The third-order valence-corrected chi connectivity index (χ3v) is 3.55. The Bertz CT molecular complexity index is 487. The molecule has 1 aromatic rings. The van der Waals surface area contributed by atoms with Crippen LogP contribution in [0.25, 0.3) is 0 Å². The standard InChI is InChI=1S/C15H21N3O2/c1-10(2)8-13-15(20)18(11(3)14(19)17-13)9-12-4-6-16-7-5-12/h4-7,10-11,13H,8-9H2,1-3H3,(H,17,19). The summed E-state index contributed by atoms with van der Waals surface area (Å²) >= 11 is 0. The largest absolute Gasteiger partial charge is 0.343 e. The van der Waals surface area contributed by atoms with Gasteiger partial charge in [-0.25, -0.2) is 0 Å². The van der Waals surface area contributed by atoms with Crippen LogP contribution in [0, 0.1) is 5.92 Å². The predicted molar refractivity (Wildman–Crippen MR) is 75.6 cm³/mol. The monoisotopic (exact) mass is 275 g/mol. The first-order valence-electron chi connectivity index (χ1n) is 6.98. The van der Waals surface area contributed by atoms with Gasteiger partial charge in [-0.2, -0.15) is 0 Å². The average molecular weight is 275 g/mol. The molecule has 20 heavy (non-hydrogen) atoms. The third kappa shape index (κ3) is 3.15. The molecule has 0 radical (unpaired) electrons. The van der Waals surface area contributed by atoms with E-state index in [0.29, 0.717) is 18.9 Å². The minimum absolute atomic E-state index is 0.00242. The van der Waals surface area contributed by atoms with Gasteiger partial charge in [-0.3, -0.25) is 14.6 Å². The van der Waals surface area contributed by atoms with Crippen molar-refractivity contribution >= 4 is 11.8 Å². The molecule has 108 valence electrons. The highest BCUT2D eigenvalue weighted by Gasteiger charge is 2.37. The molecule has 0 aliphatic carbocycles. The molecular weight excluding hydrogens is 254 g/mol. The third-order valence-electron chi connectivity index (χ3n) is 3.55. The van der Waals surface area contributed by atoms with Gasteiger partial charge in [-0.15, -0.1) is 0 Å². The summed E-state index contributed by atoms with van der Waals surface area (Å²) in [5, 5.41) is 2.82. The number of carbonyl (C=O) groups excluding carboxylic acids is 2. The zero-order valence-electron chi connectivity index (χ0n) is 12.2. The molecule has 2 atom stereocenters. The van der Waals surface area contributed by atoms with E-state index in [9.17, 15) is 9.59 Å². The topological polar surface area (TPSA) is 62.3 Å². The lowest BCUT2D eigenvalue weighted by molar-refractivity contribution is -0.149. The fourth-order valence-corrected chi connectivity index (χ4v) is 2.42. The number of nitrogens with zero attached hydrogens (tertiary/aromatic N) is 2. The zero-order valence-corrected chi connectivity index (χ0v) is 12.2. The van der Waals surface area contributed by atoms with Crippen molar-refractivity contribution in [1.82, 2.24) is 15.2 Å². The van der Waals surface area contributed by atoms with Crippen molar-refractivity contribution in [1.29, 1.82) is 0 Å². The van der Waals surface area contributed by atoms with E-state index >= 15 is 0 Å². The molecule has 0 spiro atoms. The van der Waals surface area contributed by atoms with Crippen molar-refractivity contribution in [3.05, 3.63) is 30.1 Å². The van der Waals surface area contributed by atoms with E-state index in [-0.39, 0.29) is 11.8 Å². The highest BCUT2D eigenvalue weighted by atomic mass is 16.2.